The summed E-state index contributed by atoms with van der Waals surface area (Å²) in [6.45, 7) is 8.59. The highest BCUT2D eigenvalue weighted by Crippen LogP contribution is 1.90. The summed E-state index contributed by atoms with van der Waals surface area (Å²) in [5.74, 6) is 0.0925. The highest BCUT2D eigenvalue weighted by atomic mass is 16.1. The monoisotopic (exact) mass is 201 g/mol. The molecule has 4 nitrogen and oxygen atoms in total. The Bertz CT molecular complexity index is 150. The Morgan fingerprint density at radius 3 is 2.50 bits per heavy atom. The van der Waals surface area contributed by atoms with Crippen LogP contribution in [0.25, 0.3) is 0 Å². The molecule has 0 heterocycles. The highest BCUT2D eigenvalue weighted by molar-refractivity contribution is 5.77. The Morgan fingerprint density at radius 2 is 2.00 bits per heavy atom. The SMILES string of the molecule is CCCN(CCNCC)CC(=O)NC. The number of likely N-dealkylation sites (N-methyl/N-ethyl adjacent to an activating group) is 2. The molecule has 0 bridgehead atoms. The van der Waals surface area contributed by atoms with Gasteiger partial charge in [0.05, 0.1) is 6.54 Å². The lowest BCUT2D eigenvalue weighted by molar-refractivity contribution is -0.121. The molecule has 4 heteroatoms. The van der Waals surface area contributed by atoms with Crippen molar-refractivity contribution in [2.75, 3.05) is 39.8 Å². The Kier molecular flexibility index (Phi) is 8.57. The van der Waals surface area contributed by atoms with Crippen molar-refractivity contribution in [3.8, 4) is 0 Å². The molecule has 0 radical (unpaired) electrons. The fourth-order valence-electron chi connectivity index (χ4n) is 1.28. The van der Waals surface area contributed by atoms with Crippen molar-refractivity contribution in [3.63, 3.8) is 0 Å². The number of hydrogen-bond donors (Lipinski definition) is 2. The molecule has 0 saturated heterocycles. The minimum Gasteiger partial charge on any atom is -0.358 e. The van der Waals surface area contributed by atoms with Crippen LogP contribution in [-0.4, -0.2) is 50.6 Å². The average Bonchev–Trinajstić information content (AvgIpc) is 2.18. The summed E-state index contributed by atoms with van der Waals surface area (Å²) in [4.78, 5) is 13.3. The van der Waals surface area contributed by atoms with Crippen molar-refractivity contribution in [2.45, 2.75) is 20.3 Å². The van der Waals surface area contributed by atoms with E-state index in [9.17, 15) is 4.79 Å². The van der Waals surface area contributed by atoms with Gasteiger partial charge in [0, 0.05) is 20.1 Å². The van der Waals surface area contributed by atoms with Gasteiger partial charge in [-0.05, 0) is 19.5 Å². The first-order valence-electron chi connectivity index (χ1n) is 5.38. The fraction of sp³-hybridized carbons (Fsp3) is 0.900. The van der Waals surface area contributed by atoms with E-state index in [4.69, 9.17) is 0 Å². The zero-order chi connectivity index (χ0) is 10.8. The van der Waals surface area contributed by atoms with Crippen LogP contribution in [0.3, 0.4) is 0 Å². The molecule has 0 aromatic rings. The second-order valence-corrected chi connectivity index (χ2v) is 3.30. The van der Waals surface area contributed by atoms with E-state index in [1.165, 1.54) is 0 Å². The molecule has 0 spiro atoms. The van der Waals surface area contributed by atoms with Crippen molar-refractivity contribution in [2.24, 2.45) is 0 Å². The minimum atomic E-state index is 0.0925. The molecular weight excluding hydrogens is 178 g/mol. The smallest absolute Gasteiger partial charge is 0.233 e. The summed E-state index contributed by atoms with van der Waals surface area (Å²) in [5, 5.41) is 5.90. The number of hydrogen-bond acceptors (Lipinski definition) is 3. The van der Waals surface area contributed by atoms with Gasteiger partial charge in [-0.25, -0.2) is 0 Å². The van der Waals surface area contributed by atoms with E-state index >= 15 is 0 Å². The summed E-state index contributed by atoms with van der Waals surface area (Å²) in [5.41, 5.74) is 0. The molecule has 0 aromatic carbocycles. The first-order chi connectivity index (χ1) is 6.74. The van der Waals surface area contributed by atoms with E-state index in [2.05, 4.69) is 29.4 Å². The van der Waals surface area contributed by atoms with Crippen LogP contribution in [0.15, 0.2) is 0 Å². The topological polar surface area (TPSA) is 44.4 Å². The Morgan fingerprint density at radius 1 is 1.29 bits per heavy atom. The molecule has 0 aromatic heterocycles. The number of nitrogens with zero attached hydrogens (tertiary/aromatic N) is 1. The Labute approximate surface area is 87.0 Å². The maximum absolute atomic E-state index is 11.2. The molecule has 14 heavy (non-hydrogen) atoms. The molecule has 0 unspecified atom stereocenters. The van der Waals surface area contributed by atoms with Crippen LogP contribution in [0.1, 0.15) is 20.3 Å². The number of rotatable bonds is 8. The molecule has 0 aliphatic carbocycles. The van der Waals surface area contributed by atoms with Gasteiger partial charge in [-0.2, -0.15) is 0 Å². The highest BCUT2D eigenvalue weighted by Gasteiger charge is 2.07. The van der Waals surface area contributed by atoms with Crippen LogP contribution in [0.2, 0.25) is 0 Å². The molecule has 0 aliphatic heterocycles. The third-order valence-electron chi connectivity index (χ3n) is 2.04. The van der Waals surface area contributed by atoms with Gasteiger partial charge in [0.1, 0.15) is 0 Å². The largest absolute Gasteiger partial charge is 0.358 e. The van der Waals surface area contributed by atoms with E-state index in [0.717, 1.165) is 32.6 Å². The maximum atomic E-state index is 11.2. The lowest BCUT2D eigenvalue weighted by atomic mass is 10.3. The third-order valence-corrected chi connectivity index (χ3v) is 2.04. The van der Waals surface area contributed by atoms with E-state index in [1.807, 2.05) is 0 Å². The summed E-state index contributed by atoms with van der Waals surface area (Å²) in [6, 6.07) is 0. The molecular formula is C10H23N3O. The maximum Gasteiger partial charge on any atom is 0.233 e. The molecule has 84 valence electrons. The number of amides is 1. The van der Waals surface area contributed by atoms with Crippen LogP contribution in [0.4, 0.5) is 0 Å². The number of carbonyl (C=O) groups excluding carboxylic acids is 1. The Balaban J connectivity index is 3.70. The van der Waals surface area contributed by atoms with Gasteiger partial charge in [0.15, 0.2) is 0 Å². The van der Waals surface area contributed by atoms with Crippen molar-refractivity contribution in [1.82, 2.24) is 15.5 Å². The molecule has 0 aliphatic rings. The Hall–Kier alpha value is -0.610. The van der Waals surface area contributed by atoms with Crippen molar-refractivity contribution >= 4 is 5.91 Å². The predicted molar refractivity (Wildman–Crippen MR) is 59.3 cm³/mol. The first kappa shape index (κ1) is 13.4. The van der Waals surface area contributed by atoms with Crippen LogP contribution < -0.4 is 10.6 Å². The summed E-state index contributed by atoms with van der Waals surface area (Å²) >= 11 is 0. The molecule has 0 saturated carbocycles. The second kappa shape index (κ2) is 8.97. The van der Waals surface area contributed by atoms with Gasteiger partial charge in [0.2, 0.25) is 5.91 Å². The summed E-state index contributed by atoms with van der Waals surface area (Å²) < 4.78 is 0. The molecule has 2 N–H and O–H groups in total. The molecule has 0 fully saturated rings. The number of carbonyl (C=O) groups is 1. The predicted octanol–water partition coefficient (Wildman–Crippen LogP) is 0.0539. The van der Waals surface area contributed by atoms with Crippen LogP contribution in [-0.2, 0) is 4.79 Å². The van der Waals surface area contributed by atoms with E-state index < -0.39 is 0 Å². The molecule has 1 amide bonds. The normalized spacial score (nSPS) is 10.6. The van der Waals surface area contributed by atoms with Crippen LogP contribution in [0.5, 0.6) is 0 Å². The minimum absolute atomic E-state index is 0.0925. The lowest BCUT2D eigenvalue weighted by Crippen LogP contribution is -2.39. The average molecular weight is 201 g/mol. The standard InChI is InChI=1S/C10H23N3O/c1-4-7-13(8-6-12-5-2)9-10(14)11-3/h12H,4-9H2,1-3H3,(H,11,14). The van der Waals surface area contributed by atoms with Gasteiger partial charge in [-0.1, -0.05) is 13.8 Å². The third kappa shape index (κ3) is 6.86. The zero-order valence-electron chi connectivity index (χ0n) is 9.60. The quantitative estimate of drug-likeness (QED) is 0.546. The van der Waals surface area contributed by atoms with Crippen molar-refractivity contribution in [3.05, 3.63) is 0 Å². The summed E-state index contributed by atoms with van der Waals surface area (Å²) in [6.07, 6.45) is 1.09. The van der Waals surface area contributed by atoms with Gasteiger partial charge >= 0.3 is 0 Å². The number of nitrogens with one attached hydrogen (secondary N) is 2. The van der Waals surface area contributed by atoms with Gasteiger partial charge in [-0.15, -0.1) is 0 Å². The molecule has 0 rings (SSSR count). The summed E-state index contributed by atoms with van der Waals surface area (Å²) in [7, 11) is 1.68. The molecule has 0 atom stereocenters. The van der Waals surface area contributed by atoms with E-state index in [1.54, 1.807) is 7.05 Å². The van der Waals surface area contributed by atoms with Crippen molar-refractivity contribution < 1.29 is 4.79 Å². The first-order valence-corrected chi connectivity index (χ1v) is 5.38. The van der Waals surface area contributed by atoms with E-state index in [0.29, 0.717) is 6.54 Å². The zero-order valence-corrected chi connectivity index (χ0v) is 9.60. The van der Waals surface area contributed by atoms with Gasteiger partial charge in [-0.3, -0.25) is 9.69 Å². The van der Waals surface area contributed by atoms with E-state index in [-0.39, 0.29) is 5.91 Å². The van der Waals surface area contributed by atoms with Crippen LogP contribution in [0, 0.1) is 0 Å². The van der Waals surface area contributed by atoms with Gasteiger partial charge in [0.25, 0.3) is 0 Å². The fourth-order valence-corrected chi connectivity index (χ4v) is 1.28. The van der Waals surface area contributed by atoms with Crippen molar-refractivity contribution in [1.29, 1.82) is 0 Å². The second-order valence-electron chi connectivity index (χ2n) is 3.30. The van der Waals surface area contributed by atoms with Gasteiger partial charge < -0.3 is 10.6 Å². The van der Waals surface area contributed by atoms with Crippen LogP contribution >= 0.6 is 0 Å². The lowest BCUT2D eigenvalue weighted by Gasteiger charge is -2.20.